The van der Waals surface area contributed by atoms with Crippen LogP contribution in [0.2, 0.25) is 0 Å². The summed E-state index contributed by atoms with van der Waals surface area (Å²) in [6, 6.07) is 14.7. The zero-order valence-electron chi connectivity index (χ0n) is 15.4. The van der Waals surface area contributed by atoms with E-state index in [0.717, 1.165) is 31.5 Å². The van der Waals surface area contributed by atoms with Crippen molar-refractivity contribution < 1.29 is 0 Å². The van der Waals surface area contributed by atoms with E-state index >= 15 is 0 Å². The van der Waals surface area contributed by atoms with Gasteiger partial charge in [-0.15, -0.1) is 5.10 Å². The first-order valence-electron chi connectivity index (χ1n) is 9.22. The second kappa shape index (κ2) is 8.39. The van der Waals surface area contributed by atoms with Gasteiger partial charge in [-0.3, -0.25) is 4.98 Å². The summed E-state index contributed by atoms with van der Waals surface area (Å²) in [6.07, 6.45) is 8.91. The predicted octanol–water partition coefficient (Wildman–Crippen LogP) is 4.41. The smallest absolute Gasteiger partial charge is 0.176 e. The molecular formula is C21H23N5S. The highest BCUT2D eigenvalue weighted by Crippen LogP contribution is 2.39. The summed E-state index contributed by atoms with van der Waals surface area (Å²) in [6.45, 7) is 2.96. The lowest BCUT2D eigenvalue weighted by atomic mass is 10.1. The molecule has 0 saturated heterocycles. The molecule has 1 aromatic carbocycles. The molecule has 0 bridgehead atoms. The van der Waals surface area contributed by atoms with Crippen LogP contribution in [0.4, 0.5) is 0 Å². The van der Waals surface area contributed by atoms with Crippen molar-refractivity contribution in [3.63, 3.8) is 0 Å². The van der Waals surface area contributed by atoms with Gasteiger partial charge in [-0.2, -0.15) is 0 Å². The molecule has 0 spiro atoms. The molecule has 27 heavy (non-hydrogen) atoms. The Bertz CT molecular complexity index is 891. The monoisotopic (exact) mass is 377 g/mol. The van der Waals surface area contributed by atoms with Gasteiger partial charge in [0, 0.05) is 24.6 Å². The molecule has 0 fully saturated rings. The molecule has 6 heteroatoms. The minimum Gasteiger partial charge on any atom is -0.340 e. The number of aromatic nitrogens is 4. The molecule has 1 unspecified atom stereocenters. The Kier molecular flexibility index (Phi) is 5.53. The van der Waals surface area contributed by atoms with Crippen LogP contribution in [0.5, 0.6) is 0 Å². The van der Waals surface area contributed by atoms with E-state index in [1.54, 1.807) is 11.8 Å². The van der Waals surface area contributed by atoms with E-state index in [-0.39, 0.29) is 5.50 Å². The van der Waals surface area contributed by atoms with Gasteiger partial charge in [-0.1, -0.05) is 53.4 Å². The third-order valence-corrected chi connectivity index (χ3v) is 5.87. The summed E-state index contributed by atoms with van der Waals surface area (Å²) in [5.41, 5.74) is 4.98. The van der Waals surface area contributed by atoms with Crippen molar-refractivity contribution in [1.82, 2.24) is 24.9 Å². The number of rotatable bonds is 7. The molecule has 0 radical (unpaired) electrons. The number of hydrogen-bond acceptors (Lipinski definition) is 5. The second-order valence-corrected chi connectivity index (χ2v) is 7.67. The average Bonchev–Trinajstić information content (AvgIpc) is 3.31. The molecule has 1 aliphatic rings. The molecule has 4 rings (SSSR count). The van der Waals surface area contributed by atoms with E-state index in [2.05, 4.69) is 75.1 Å². The third kappa shape index (κ3) is 4.39. The normalized spacial score (nSPS) is 16.6. The van der Waals surface area contributed by atoms with Crippen LogP contribution in [0.25, 0.3) is 0 Å². The Morgan fingerprint density at radius 3 is 2.70 bits per heavy atom. The standard InChI is InChI=1S/C21H23N5S/c1-17-16-27-21(25(17)14-19-10-6-12-22-13-19)26-15-20(23-24-26)11-5-9-18-7-3-2-4-8-18/h2-4,6-8,10,12-13,15-16,21H,5,9,11,14H2,1H3. The van der Waals surface area contributed by atoms with Gasteiger partial charge in [0.2, 0.25) is 0 Å². The summed E-state index contributed by atoms with van der Waals surface area (Å²) in [5, 5.41) is 11.0. The van der Waals surface area contributed by atoms with Crippen LogP contribution in [-0.2, 0) is 19.4 Å². The SMILES string of the molecule is CC1=CSC(n2cc(CCCc3ccccc3)nn2)N1Cc1cccnc1. The topological polar surface area (TPSA) is 46.8 Å². The Balaban J connectivity index is 1.38. The maximum Gasteiger partial charge on any atom is 0.176 e. The van der Waals surface area contributed by atoms with Crippen LogP contribution >= 0.6 is 11.8 Å². The molecule has 1 atom stereocenters. The van der Waals surface area contributed by atoms with Crippen molar-refractivity contribution in [2.24, 2.45) is 0 Å². The molecule has 0 aliphatic carbocycles. The lowest BCUT2D eigenvalue weighted by Gasteiger charge is -2.27. The van der Waals surface area contributed by atoms with Gasteiger partial charge in [0.25, 0.3) is 0 Å². The summed E-state index contributed by atoms with van der Waals surface area (Å²) < 4.78 is 1.98. The molecular weight excluding hydrogens is 354 g/mol. The predicted molar refractivity (Wildman–Crippen MR) is 109 cm³/mol. The zero-order valence-corrected chi connectivity index (χ0v) is 16.2. The fraction of sp³-hybridized carbons (Fsp3) is 0.286. The number of allylic oxidation sites excluding steroid dienone is 1. The van der Waals surface area contributed by atoms with Gasteiger partial charge >= 0.3 is 0 Å². The van der Waals surface area contributed by atoms with Crippen LogP contribution in [0.1, 0.15) is 35.7 Å². The quantitative estimate of drug-likeness (QED) is 0.610. The number of thioether (sulfide) groups is 1. The highest BCUT2D eigenvalue weighted by Gasteiger charge is 2.27. The van der Waals surface area contributed by atoms with Crippen molar-refractivity contribution in [1.29, 1.82) is 0 Å². The lowest BCUT2D eigenvalue weighted by Crippen LogP contribution is -2.26. The molecule has 0 saturated carbocycles. The van der Waals surface area contributed by atoms with E-state index in [4.69, 9.17) is 0 Å². The Morgan fingerprint density at radius 1 is 1.04 bits per heavy atom. The molecule has 0 N–H and O–H groups in total. The summed E-state index contributed by atoms with van der Waals surface area (Å²) in [7, 11) is 0. The first-order valence-corrected chi connectivity index (χ1v) is 10.2. The van der Waals surface area contributed by atoms with Crippen molar-refractivity contribution in [3.8, 4) is 0 Å². The van der Waals surface area contributed by atoms with Gasteiger partial charge in [0.05, 0.1) is 11.9 Å². The molecule has 3 heterocycles. The Labute approximate surface area is 164 Å². The zero-order chi connectivity index (χ0) is 18.5. The van der Waals surface area contributed by atoms with Gasteiger partial charge < -0.3 is 4.90 Å². The Hall–Kier alpha value is -2.60. The van der Waals surface area contributed by atoms with Crippen molar-refractivity contribution in [3.05, 3.63) is 89.0 Å². The van der Waals surface area contributed by atoms with Crippen LogP contribution in [0.3, 0.4) is 0 Å². The van der Waals surface area contributed by atoms with Crippen LogP contribution in [0, 0.1) is 0 Å². The number of benzene rings is 1. The van der Waals surface area contributed by atoms with Crippen molar-refractivity contribution >= 4 is 11.8 Å². The fourth-order valence-electron chi connectivity index (χ4n) is 3.23. The highest BCUT2D eigenvalue weighted by molar-refractivity contribution is 8.02. The van der Waals surface area contributed by atoms with E-state index in [1.165, 1.54) is 16.8 Å². The van der Waals surface area contributed by atoms with E-state index in [0.29, 0.717) is 0 Å². The molecule has 3 aromatic rings. The maximum absolute atomic E-state index is 4.41. The van der Waals surface area contributed by atoms with E-state index < -0.39 is 0 Å². The summed E-state index contributed by atoms with van der Waals surface area (Å²) >= 11 is 1.77. The number of pyridine rings is 1. The maximum atomic E-state index is 4.41. The van der Waals surface area contributed by atoms with Crippen molar-refractivity contribution in [2.75, 3.05) is 0 Å². The first-order chi connectivity index (χ1) is 13.3. The third-order valence-electron chi connectivity index (χ3n) is 4.68. The molecule has 5 nitrogen and oxygen atoms in total. The second-order valence-electron chi connectivity index (χ2n) is 6.74. The largest absolute Gasteiger partial charge is 0.340 e. The molecule has 138 valence electrons. The van der Waals surface area contributed by atoms with E-state index in [1.807, 2.05) is 23.1 Å². The van der Waals surface area contributed by atoms with Crippen LogP contribution < -0.4 is 0 Å². The first kappa shape index (κ1) is 17.8. The van der Waals surface area contributed by atoms with Gasteiger partial charge in [-0.25, -0.2) is 4.68 Å². The van der Waals surface area contributed by atoms with Crippen molar-refractivity contribution in [2.45, 2.75) is 38.2 Å². The molecule has 2 aromatic heterocycles. The number of aryl methyl sites for hydroxylation is 2. The van der Waals surface area contributed by atoms with Gasteiger partial charge in [-0.05, 0) is 48.8 Å². The van der Waals surface area contributed by atoms with Gasteiger partial charge in [0.1, 0.15) is 0 Å². The molecule has 0 amide bonds. The van der Waals surface area contributed by atoms with Crippen LogP contribution in [0.15, 0.2) is 72.2 Å². The number of nitrogens with zero attached hydrogens (tertiary/aromatic N) is 5. The molecule has 1 aliphatic heterocycles. The average molecular weight is 378 g/mol. The number of hydrogen-bond donors (Lipinski definition) is 0. The highest BCUT2D eigenvalue weighted by atomic mass is 32.2. The summed E-state index contributed by atoms with van der Waals surface area (Å²) in [5.74, 6) is 0. The lowest BCUT2D eigenvalue weighted by molar-refractivity contribution is 0.251. The minimum atomic E-state index is 0.112. The minimum absolute atomic E-state index is 0.112. The van der Waals surface area contributed by atoms with E-state index in [9.17, 15) is 0 Å². The fourth-order valence-corrected chi connectivity index (χ4v) is 4.29. The van der Waals surface area contributed by atoms with Crippen LogP contribution in [-0.4, -0.2) is 24.9 Å². The Morgan fingerprint density at radius 2 is 1.89 bits per heavy atom. The van der Waals surface area contributed by atoms with Gasteiger partial charge in [0.15, 0.2) is 5.50 Å². The summed E-state index contributed by atoms with van der Waals surface area (Å²) in [4.78, 5) is 6.56.